The van der Waals surface area contributed by atoms with E-state index in [2.05, 4.69) is 53.2 Å². The number of likely N-dealkylation sites (tertiary alicyclic amines) is 1. The largest absolute Gasteiger partial charge is 0.480 e. The van der Waals surface area contributed by atoms with Gasteiger partial charge in [0, 0.05) is 45.8 Å². The van der Waals surface area contributed by atoms with Crippen LogP contribution in [0.2, 0.25) is 0 Å². The third-order valence-electron chi connectivity index (χ3n) is 9.82. The fourth-order valence-electron chi connectivity index (χ4n) is 6.27. The summed E-state index contributed by atoms with van der Waals surface area (Å²) in [6.07, 6.45) is 0.953. The highest BCUT2D eigenvalue weighted by Gasteiger charge is 2.39. The van der Waals surface area contributed by atoms with Gasteiger partial charge in [0.1, 0.15) is 12.1 Å². The van der Waals surface area contributed by atoms with Crippen molar-refractivity contribution in [1.29, 1.82) is 0 Å². The van der Waals surface area contributed by atoms with E-state index in [0.29, 0.717) is 12.8 Å². The van der Waals surface area contributed by atoms with E-state index in [-0.39, 0.29) is 72.0 Å². The van der Waals surface area contributed by atoms with Gasteiger partial charge < -0.3 is 83.4 Å². The SMILES string of the molecule is CC(C)[C@H](NC(=O)CNC(=O)CNC(=O)CNC(=O)CNC(=O)CNC(=O)CNC(=O)CNCCN(CCN(CCNCC(=O)O)CC(=O)O)CC(=O)O)C(=O)N[C@H](C)C(=O)N1CCC[C@H]1B(O)O. The summed E-state index contributed by atoms with van der Waals surface area (Å²) < 4.78 is 0. The number of carbonyl (C=O) groups excluding carboxylic acids is 9. The molecule has 1 saturated heterocycles. The Morgan fingerprint density at radius 2 is 0.928 bits per heavy atom. The topological polar surface area (TPSA) is 436 Å². The van der Waals surface area contributed by atoms with Gasteiger partial charge in [-0.25, -0.2) is 0 Å². The second-order valence-electron chi connectivity index (χ2n) is 15.9. The van der Waals surface area contributed by atoms with Crippen molar-refractivity contribution >= 4 is 78.2 Å². The quantitative estimate of drug-likeness (QED) is 0.0207. The Balaban J connectivity index is 2.29. The highest BCUT2D eigenvalue weighted by atomic mass is 16.4. The van der Waals surface area contributed by atoms with Crippen molar-refractivity contribution in [3.8, 4) is 0 Å². The van der Waals surface area contributed by atoms with Crippen LogP contribution in [-0.2, 0) is 57.5 Å². The summed E-state index contributed by atoms with van der Waals surface area (Å²) in [5.74, 6) is -11.1. The van der Waals surface area contributed by atoms with Crippen molar-refractivity contribution in [2.24, 2.45) is 5.92 Å². The number of aliphatic carboxylic acids is 3. The Bertz CT molecular complexity index is 1790. The zero-order valence-corrected chi connectivity index (χ0v) is 38.8. The van der Waals surface area contributed by atoms with Gasteiger partial charge in [0.05, 0.1) is 71.4 Å². The minimum Gasteiger partial charge on any atom is -0.480 e. The van der Waals surface area contributed by atoms with E-state index in [9.17, 15) is 72.7 Å². The smallest absolute Gasteiger partial charge is 0.475 e. The average Bonchev–Trinajstić information content (AvgIpc) is 3.78. The first kappa shape index (κ1) is 60.5. The molecular formula is C38H66BN13O17. The van der Waals surface area contributed by atoms with Gasteiger partial charge in [-0.15, -0.1) is 0 Å². The molecule has 30 nitrogen and oxygen atoms in total. The van der Waals surface area contributed by atoms with Crippen molar-refractivity contribution in [3.63, 3.8) is 0 Å². The van der Waals surface area contributed by atoms with Gasteiger partial charge in [-0.1, -0.05) is 13.8 Å². The monoisotopic (exact) mass is 987 g/mol. The molecule has 388 valence electrons. The van der Waals surface area contributed by atoms with Crippen molar-refractivity contribution < 1.29 is 82.9 Å². The lowest BCUT2D eigenvalue weighted by Crippen LogP contribution is -2.57. The third-order valence-corrected chi connectivity index (χ3v) is 9.82. The second kappa shape index (κ2) is 33.0. The van der Waals surface area contributed by atoms with Crippen LogP contribution in [0.25, 0.3) is 0 Å². The first-order chi connectivity index (χ1) is 32.5. The van der Waals surface area contributed by atoms with Crippen LogP contribution in [0.1, 0.15) is 33.6 Å². The van der Waals surface area contributed by atoms with E-state index in [1.165, 1.54) is 21.6 Å². The molecule has 1 rings (SSSR count). The molecular weight excluding hydrogens is 921 g/mol. The van der Waals surface area contributed by atoms with Crippen molar-refractivity contribution in [2.45, 2.75) is 51.6 Å². The number of carbonyl (C=O) groups is 12. The Kier molecular flexibility index (Phi) is 29.0. The fourth-order valence-corrected chi connectivity index (χ4v) is 6.27. The molecule has 0 aromatic heterocycles. The maximum Gasteiger partial charge on any atom is 0.475 e. The minimum atomic E-state index is -1.73. The summed E-state index contributed by atoms with van der Waals surface area (Å²) in [5, 5.41) is 70.1. The highest BCUT2D eigenvalue weighted by molar-refractivity contribution is 6.43. The summed E-state index contributed by atoms with van der Waals surface area (Å²) in [6.45, 7) is 1.27. The number of nitrogens with zero attached hydrogens (tertiary/aromatic N) is 3. The molecule has 69 heavy (non-hydrogen) atoms. The number of carboxylic acid groups (broad SMARTS) is 3. The average molecular weight is 988 g/mol. The fraction of sp³-hybridized carbons (Fsp3) is 0.684. The van der Waals surface area contributed by atoms with Crippen LogP contribution >= 0.6 is 0 Å². The number of hydrogen-bond donors (Lipinski definition) is 15. The Labute approximate surface area is 397 Å². The minimum absolute atomic E-state index is 0.142. The zero-order chi connectivity index (χ0) is 52.1. The number of amides is 9. The molecule has 0 radical (unpaired) electrons. The Morgan fingerprint density at radius 1 is 0.536 bits per heavy atom. The van der Waals surface area contributed by atoms with Gasteiger partial charge >= 0.3 is 25.0 Å². The lowest BCUT2D eigenvalue weighted by Gasteiger charge is -2.29. The molecule has 1 fully saturated rings. The first-order valence-corrected chi connectivity index (χ1v) is 21.9. The summed E-state index contributed by atoms with van der Waals surface area (Å²) in [4.78, 5) is 149. The highest BCUT2D eigenvalue weighted by Crippen LogP contribution is 2.19. The van der Waals surface area contributed by atoms with Gasteiger partial charge in [0.25, 0.3) is 0 Å². The molecule has 31 heteroatoms. The summed E-state index contributed by atoms with van der Waals surface area (Å²) in [7, 11) is -1.73. The van der Waals surface area contributed by atoms with Gasteiger partial charge in [-0.2, -0.15) is 0 Å². The number of carboxylic acids is 3. The van der Waals surface area contributed by atoms with E-state index >= 15 is 0 Å². The van der Waals surface area contributed by atoms with E-state index in [4.69, 9.17) is 10.2 Å². The molecule has 1 aliphatic rings. The summed E-state index contributed by atoms with van der Waals surface area (Å²) >= 11 is 0. The van der Waals surface area contributed by atoms with Crippen molar-refractivity contribution in [1.82, 2.24) is 67.9 Å². The van der Waals surface area contributed by atoms with Crippen molar-refractivity contribution in [2.75, 3.05) is 111 Å². The molecule has 1 aliphatic heterocycles. The summed E-state index contributed by atoms with van der Waals surface area (Å²) in [5.41, 5.74) is 0. The van der Waals surface area contributed by atoms with Crippen LogP contribution in [0, 0.1) is 5.92 Å². The normalized spacial score (nSPS) is 14.0. The van der Waals surface area contributed by atoms with Crippen molar-refractivity contribution in [3.05, 3.63) is 0 Å². The molecule has 0 spiro atoms. The molecule has 0 aromatic rings. The standard InChI is InChI=1S/C38H66BN13O17/c1-23(2)36(37(66)48-24(3)38(67)52-8-4-5-25(52)39(68)69)49-32(59)19-47-31(58)18-46-30(57)17-45-29(56)16-44-28(55)15-43-27(54)14-42-26(53)13-40-6-9-50(21-34(62)63)11-12-51(22-35(64)65)10-7-41-20-33(60)61/h23-25,36,40-41,68-69H,4-22H2,1-3H3,(H,42,53)(H,43,54)(H,44,55)(H,45,56)(H,46,57)(H,47,58)(H,48,66)(H,49,59)(H,60,61)(H,62,63)(H,64,65)/t24-,25+,36+/m1/s1. The predicted molar refractivity (Wildman–Crippen MR) is 239 cm³/mol. The zero-order valence-electron chi connectivity index (χ0n) is 38.8. The maximum atomic E-state index is 12.9. The van der Waals surface area contributed by atoms with E-state index in [1.54, 1.807) is 13.8 Å². The second-order valence-corrected chi connectivity index (χ2v) is 15.9. The third kappa shape index (κ3) is 27.8. The lowest BCUT2D eigenvalue weighted by atomic mass is 9.78. The lowest BCUT2D eigenvalue weighted by molar-refractivity contribution is -0.140. The van der Waals surface area contributed by atoms with Gasteiger partial charge in [0.2, 0.25) is 53.2 Å². The molecule has 9 amide bonds. The van der Waals surface area contributed by atoms with E-state index in [0.717, 1.165) is 0 Å². The Morgan fingerprint density at radius 3 is 1.30 bits per heavy atom. The van der Waals surface area contributed by atoms with Gasteiger partial charge in [-0.05, 0) is 25.7 Å². The number of rotatable bonds is 35. The number of nitrogens with one attached hydrogen (secondary N) is 10. The van der Waals surface area contributed by atoms with Crippen LogP contribution in [0.5, 0.6) is 0 Å². The van der Waals surface area contributed by atoms with E-state index < -0.39 is 141 Å². The Hall–Kier alpha value is -6.54. The van der Waals surface area contributed by atoms with Crippen LogP contribution in [0.15, 0.2) is 0 Å². The molecule has 0 unspecified atom stereocenters. The van der Waals surface area contributed by atoms with Gasteiger partial charge in [0.15, 0.2) is 0 Å². The maximum absolute atomic E-state index is 12.9. The molecule has 0 aromatic carbocycles. The van der Waals surface area contributed by atoms with Crippen LogP contribution in [0.4, 0.5) is 0 Å². The van der Waals surface area contributed by atoms with Crippen LogP contribution < -0.4 is 53.2 Å². The number of hydrogen-bond acceptors (Lipinski definition) is 18. The van der Waals surface area contributed by atoms with E-state index in [1.807, 2.05) is 0 Å². The molecule has 1 heterocycles. The molecule has 0 saturated carbocycles. The first-order valence-electron chi connectivity index (χ1n) is 21.9. The van der Waals surface area contributed by atoms with Gasteiger partial charge in [-0.3, -0.25) is 67.3 Å². The molecule has 0 aliphatic carbocycles. The molecule has 15 N–H and O–H groups in total. The van der Waals surface area contributed by atoms with Crippen LogP contribution in [0.3, 0.4) is 0 Å². The summed E-state index contributed by atoms with van der Waals surface area (Å²) in [6, 6.07) is -2.14. The predicted octanol–water partition coefficient (Wildman–Crippen LogP) is -9.63. The molecule has 0 bridgehead atoms. The molecule has 3 atom stereocenters. The van der Waals surface area contributed by atoms with Crippen LogP contribution in [-0.4, -0.2) is 248 Å².